The highest BCUT2D eigenvalue weighted by atomic mass is 16.2. The average Bonchev–Trinajstić information content (AvgIpc) is 2.74. The summed E-state index contributed by atoms with van der Waals surface area (Å²) < 4.78 is 0. The van der Waals surface area contributed by atoms with Gasteiger partial charge in [0.25, 0.3) is 5.91 Å². The molecule has 3 heterocycles. The Morgan fingerprint density at radius 3 is 2.62 bits per heavy atom. The maximum absolute atomic E-state index is 12.5. The average molecular weight is 393 g/mol. The van der Waals surface area contributed by atoms with Crippen molar-refractivity contribution in [2.75, 3.05) is 32.5 Å². The van der Waals surface area contributed by atoms with E-state index in [1.54, 1.807) is 43.7 Å². The molecule has 1 aliphatic heterocycles. The number of likely N-dealkylation sites (N-methyl/N-ethyl adjacent to an activating group) is 1. The second kappa shape index (κ2) is 9.09. The molecule has 0 fully saturated rings. The number of carbonyl (C=O) groups is 3. The van der Waals surface area contributed by atoms with Gasteiger partial charge in [-0.05, 0) is 31.0 Å². The smallest absolute Gasteiger partial charge is 0.270 e. The molecule has 0 unspecified atom stereocenters. The Hall–Kier alpha value is -3.55. The van der Waals surface area contributed by atoms with Gasteiger partial charge in [0.15, 0.2) is 0 Å². The quantitative estimate of drug-likeness (QED) is 0.751. The summed E-state index contributed by atoms with van der Waals surface area (Å²) in [6.45, 7) is 0.505. The van der Waals surface area contributed by atoms with Gasteiger partial charge >= 0.3 is 0 Å². The monoisotopic (exact) mass is 393 g/mol. The van der Waals surface area contributed by atoms with Crippen molar-refractivity contribution in [2.24, 2.45) is 0 Å². The largest absolute Gasteiger partial charge is 0.357 e. The van der Waals surface area contributed by atoms with Crippen molar-refractivity contribution in [3.05, 3.63) is 54.1 Å². The number of carbonyl (C=O) groups excluding carboxylic acids is 3. The van der Waals surface area contributed by atoms with Crippen molar-refractivity contribution < 1.29 is 14.4 Å². The van der Waals surface area contributed by atoms with Gasteiger partial charge in [-0.2, -0.15) is 0 Å². The highest BCUT2D eigenvalue weighted by Gasteiger charge is 2.28. The fraction of sp³-hybridized carbons (Fsp3) is 0.286. The summed E-state index contributed by atoms with van der Waals surface area (Å²) in [5.41, 5.74) is 2.56. The van der Waals surface area contributed by atoms with Gasteiger partial charge in [-0.1, -0.05) is 6.07 Å². The van der Waals surface area contributed by atoms with E-state index in [1.165, 1.54) is 4.90 Å². The van der Waals surface area contributed by atoms with E-state index in [4.69, 9.17) is 0 Å². The van der Waals surface area contributed by atoms with Crippen LogP contribution in [0.2, 0.25) is 0 Å². The number of rotatable bonds is 6. The number of hydrogen-bond donors (Lipinski definition) is 1. The van der Waals surface area contributed by atoms with Gasteiger partial charge in [-0.15, -0.1) is 0 Å². The lowest BCUT2D eigenvalue weighted by molar-refractivity contribution is -0.127. The lowest BCUT2D eigenvalue weighted by atomic mass is 10.0. The molecule has 0 spiro atoms. The predicted molar refractivity (Wildman–Crippen MR) is 109 cm³/mol. The molecular formula is C21H23N5O3. The van der Waals surface area contributed by atoms with E-state index >= 15 is 0 Å². The highest BCUT2D eigenvalue weighted by Crippen LogP contribution is 2.23. The van der Waals surface area contributed by atoms with Gasteiger partial charge in [0, 0.05) is 55.9 Å². The van der Waals surface area contributed by atoms with E-state index in [0.717, 1.165) is 11.1 Å². The number of allylic oxidation sites excluding steroid dienone is 1. The first-order chi connectivity index (χ1) is 14.0. The minimum atomic E-state index is -0.303. The topological polar surface area (TPSA) is 95.5 Å². The molecule has 1 aliphatic rings. The molecule has 8 nitrogen and oxygen atoms in total. The molecule has 29 heavy (non-hydrogen) atoms. The van der Waals surface area contributed by atoms with Crippen LogP contribution in [0.4, 0.5) is 5.82 Å². The number of amides is 2. The van der Waals surface area contributed by atoms with Crippen molar-refractivity contribution in [1.82, 2.24) is 19.8 Å². The van der Waals surface area contributed by atoms with Crippen LogP contribution in [0.1, 0.15) is 12.8 Å². The zero-order valence-electron chi connectivity index (χ0n) is 16.5. The summed E-state index contributed by atoms with van der Waals surface area (Å²) in [6.07, 6.45) is 7.06. The Morgan fingerprint density at radius 2 is 2.00 bits per heavy atom. The Morgan fingerprint density at radius 1 is 1.21 bits per heavy atom. The van der Waals surface area contributed by atoms with Crippen molar-refractivity contribution in [2.45, 2.75) is 12.8 Å². The summed E-state index contributed by atoms with van der Waals surface area (Å²) in [4.78, 5) is 47.9. The summed E-state index contributed by atoms with van der Waals surface area (Å²) >= 11 is 0. The van der Waals surface area contributed by atoms with Crippen LogP contribution in [0.5, 0.6) is 0 Å². The van der Waals surface area contributed by atoms with E-state index in [-0.39, 0.29) is 18.4 Å². The van der Waals surface area contributed by atoms with Crippen LogP contribution in [0.3, 0.4) is 0 Å². The van der Waals surface area contributed by atoms with Crippen LogP contribution in [-0.2, 0) is 14.4 Å². The van der Waals surface area contributed by atoms with E-state index < -0.39 is 0 Å². The van der Waals surface area contributed by atoms with Gasteiger partial charge < -0.3 is 15.1 Å². The van der Waals surface area contributed by atoms with Crippen molar-refractivity contribution >= 4 is 23.9 Å². The lowest BCUT2D eigenvalue weighted by Crippen LogP contribution is -2.42. The van der Waals surface area contributed by atoms with Crippen molar-refractivity contribution in [3.63, 3.8) is 0 Å². The van der Waals surface area contributed by atoms with Crippen molar-refractivity contribution in [1.29, 1.82) is 0 Å². The van der Waals surface area contributed by atoms with E-state index in [2.05, 4.69) is 15.3 Å². The zero-order chi connectivity index (χ0) is 20.8. The molecule has 0 aromatic carbocycles. The number of pyridine rings is 2. The van der Waals surface area contributed by atoms with Gasteiger partial charge in [0.05, 0.1) is 6.54 Å². The molecule has 0 radical (unpaired) electrons. The SMILES string of the molecule is CN(C)C(=O)C1=C(C=O)CCCN1CC(=O)Nc1ccc(-c2cccnc2)cn1. The number of hydrogen-bond acceptors (Lipinski definition) is 6. The van der Waals surface area contributed by atoms with E-state index in [0.29, 0.717) is 42.8 Å². The predicted octanol–water partition coefficient (Wildman–Crippen LogP) is 1.72. The fourth-order valence-electron chi connectivity index (χ4n) is 3.18. The molecule has 0 saturated carbocycles. The first-order valence-electron chi connectivity index (χ1n) is 9.31. The molecule has 150 valence electrons. The Balaban J connectivity index is 1.69. The standard InChI is InChI=1S/C21H23N5O3/c1-25(2)21(29)20-17(14-27)6-4-10-26(20)13-19(28)24-18-8-7-16(12-23-18)15-5-3-9-22-11-15/h3,5,7-9,11-12,14H,4,6,10,13H2,1-2H3,(H,23,24,28). The van der Waals surface area contributed by atoms with Gasteiger partial charge in [0.2, 0.25) is 5.91 Å². The van der Waals surface area contributed by atoms with Gasteiger partial charge in [0.1, 0.15) is 17.8 Å². The molecule has 2 aromatic rings. The number of nitrogens with one attached hydrogen (secondary N) is 1. The third-order valence-corrected chi connectivity index (χ3v) is 4.61. The minimum Gasteiger partial charge on any atom is -0.357 e. The molecule has 1 N–H and O–H groups in total. The molecule has 2 aromatic heterocycles. The highest BCUT2D eigenvalue weighted by molar-refractivity contribution is 6.00. The van der Waals surface area contributed by atoms with Crippen molar-refractivity contribution in [3.8, 4) is 11.1 Å². The molecule has 0 atom stereocenters. The number of aromatic nitrogens is 2. The van der Waals surface area contributed by atoms with Crippen LogP contribution in [0.25, 0.3) is 11.1 Å². The Labute approximate surface area is 169 Å². The molecular weight excluding hydrogens is 370 g/mol. The third-order valence-electron chi connectivity index (χ3n) is 4.61. The maximum atomic E-state index is 12.5. The van der Waals surface area contributed by atoms with Crippen LogP contribution in [0.15, 0.2) is 54.1 Å². The third kappa shape index (κ3) is 4.84. The van der Waals surface area contributed by atoms with Gasteiger partial charge in [-0.25, -0.2) is 4.98 Å². The maximum Gasteiger partial charge on any atom is 0.270 e. The first kappa shape index (κ1) is 20.2. The number of aldehydes is 1. The summed E-state index contributed by atoms with van der Waals surface area (Å²) in [6, 6.07) is 7.34. The zero-order valence-corrected chi connectivity index (χ0v) is 16.5. The fourth-order valence-corrected chi connectivity index (χ4v) is 3.18. The second-order valence-electron chi connectivity index (χ2n) is 6.94. The van der Waals surface area contributed by atoms with Crippen LogP contribution >= 0.6 is 0 Å². The van der Waals surface area contributed by atoms with Crippen LogP contribution in [0, 0.1) is 0 Å². The molecule has 3 rings (SSSR count). The Kier molecular flexibility index (Phi) is 6.33. The minimum absolute atomic E-state index is 0.0295. The first-order valence-corrected chi connectivity index (χ1v) is 9.31. The molecule has 0 saturated heterocycles. The molecule has 8 heteroatoms. The van der Waals surface area contributed by atoms with E-state index in [9.17, 15) is 14.4 Å². The second-order valence-corrected chi connectivity index (χ2v) is 6.94. The normalized spacial score (nSPS) is 13.8. The molecule has 2 amide bonds. The summed E-state index contributed by atoms with van der Waals surface area (Å²) in [5.74, 6) is -0.166. The molecule has 0 aliphatic carbocycles. The van der Waals surface area contributed by atoms with Crippen LogP contribution in [-0.4, -0.2) is 65.1 Å². The summed E-state index contributed by atoms with van der Waals surface area (Å²) in [5, 5.41) is 2.75. The summed E-state index contributed by atoms with van der Waals surface area (Å²) in [7, 11) is 3.25. The number of nitrogens with zero attached hydrogens (tertiary/aromatic N) is 4. The van der Waals surface area contributed by atoms with E-state index in [1.807, 2.05) is 18.2 Å². The molecule has 0 bridgehead atoms. The number of anilines is 1. The van der Waals surface area contributed by atoms with Gasteiger partial charge in [-0.3, -0.25) is 19.4 Å². The lowest BCUT2D eigenvalue weighted by Gasteiger charge is -2.32. The Bertz CT molecular complexity index is 923. The van der Waals surface area contributed by atoms with Crippen LogP contribution < -0.4 is 5.32 Å².